The maximum Gasteiger partial charge on any atom is 0.143 e. The van der Waals surface area contributed by atoms with Gasteiger partial charge < -0.3 is 4.57 Å². The molecule has 0 radical (unpaired) electrons. The van der Waals surface area contributed by atoms with E-state index >= 15 is 0 Å². The standard InChI is InChI=1S/C14H15BrN2OS/c1-17-8-7-16-14(17)6-5-12(18)10-19-13-4-2-3-11(15)9-13/h2-4,7-9H,5-6,10H2,1H3. The second-order valence-electron chi connectivity index (χ2n) is 4.24. The number of carbonyl (C=O) groups is 1. The van der Waals surface area contributed by atoms with Crippen molar-refractivity contribution in [3.63, 3.8) is 0 Å². The van der Waals surface area contributed by atoms with Crippen molar-refractivity contribution < 1.29 is 4.79 Å². The highest BCUT2D eigenvalue weighted by Gasteiger charge is 2.06. The Kier molecular flexibility index (Phi) is 5.22. The van der Waals surface area contributed by atoms with E-state index < -0.39 is 0 Å². The van der Waals surface area contributed by atoms with Crippen LogP contribution in [-0.2, 0) is 18.3 Å². The number of hydrogen-bond acceptors (Lipinski definition) is 3. The van der Waals surface area contributed by atoms with E-state index in [1.54, 1.807) is 18.0 Å². The van der Waals surface area contributed by atoms with Crippen LogP contribution in [-0.4, -0.2) is 21.1 Å². The fourth-order valence-electron chi connectivity index (χ4n) is 1.68. The van der Waals surface area contributed by atoms with Gasteiger partial charge in [0.1, 0.15) is 11.6 Å². The van der Waals surface area contributed by atoms with Crippen LogP contribution >= 0.6 is 27.7 Å². The number of benzene rings is 1. The lowest BCUT2D eigenvalue weighted by Crippen LogP contribution is -2.06. The molecular weight excluding hydrogens is 324 g/mol. The van der Waals surface area contributed by atoms with Crippen molar-refractivity contribution in [2.45, 2.75) is 17.7 Å². The van der Waals surface area contributed by atoms with Gasteiger partial charge in [-0.05, 0) is 18.2 Å². The molecule has 0 spiro atoms. The van der Waals surface area contributed by atoms with Gasteiger partial charge in [-0.25, -0.2) is 4.98 Å². The Labute approximate surface area is 125 Å². The molecule has 0 bridgehead atoms. The quantitative estimate of drug-likeness (QED) is 0.756. The summed E-state index contributed by atoms with van der Waals surface area (Å²) in [6.07, 6.45) is 4.92. The molecule has 0 N–H and O–H groups in total. The average molecular weight is 339 g/mol. The Balaban J connectivity index is 1.77. The largest absolute Gasteiger partial charge is 0.338 e. The zero-order valence-electron chi connectivity index (χ0n) is 10.7. The van der Waals surface area contributed by atoms with Crippen molar-refractivity contribution in [3.05, 3.63) is 47.0 Å². The number of halogens is 1. The fraction of sp³-hybridized carbons (Fsp3) is 0.286. The predicted molar refractivity (Wildman–Crippen MR) is 81.4 cm³/mol. The predicted octanol–water partition coefficient (Wildman–Crippen LogP) is 3.48. The van der Waals surface area contributed by atoms with Gasteiger partial charge in [-0.1, -0.05) is 22.0 Å². The number of carbonyl (C=O) groups excluding carboxylic acids is 1. The molecule has 0 unspecified atom stereocenters. The summed E-state index contributed by atoms with van der Waals surface area (Å²) in [4.78, 5) is 17.2. The zero-order valence-corrected chi connectivity index (χ0v) is 13.1. The molecule has 5 heteroatoms. The second-order valence-corrected chi connectivity index (χ2v) is 6.20. The molecule has 0 saturated carbocycles. The van der Waals surface area contributed by atoms with Gasteiger partial charge in [0.15, 0.2) is 0 Å². The third-order valence-corrected chi connectivity index (χ3v) is 4.29. The van der Waals surface area contributed by atoms with E-state index in [0.29, 0.717) is 18.6 Å². The minimum absolute atomic E-state index is 0.257. The third-order valence-electron chi connectivity index (χ3n) is 2.74. The SMILES string of the molecule is Cn1ccnc1CCC(=O)CSc1cccc(Br)c1. The van der Waals surface area contributed by atoms with E-state index in [4.69, 9.17) is 0 Å². The van der Waals surface area contributed by atoms with Crippen LogP contribution in [0, 0.1) is 0 Å². The molecule has 0 atom stereocenters. The maximum atomic E-state index is 11.8. The summed E-state index contributed by atoms with van der Waals surface area (Å²) in [5.41, 5.74) is 0. The Hall–Kier alpha value is -1.07. The summed E-state index contributed by atoms with van der Waals surface area (Å²) < 4.78 is 2.99. The smallest absolute Gasteiger partial charge is 0.143 e. The lowest BCUT2D eigenvalue weighted by atomic mass is 10.2. The average Bonchev–Trinajstić information content (AvgIpc) is 2.80. The van der Waals surface area contributed by atoms with Gasteiger partial charge in [-0.2, -0.15) is 0 Å². The van der Waals surface area contributed by atoms with Crippen molar-refractivity contribution in [2.75, 3.05) is 5.75 Å². The van der Waals surface area contributed by atoms with Gasteiger partial charge in [0.2, 0.25) is 0 Å². The molecule has 0 aliphatic rings. The van der Waals surface area contributed by atoms with E-state index in [0.717, 1.165) is 15.2 Å². The number of thioether (sulfide) groups is 1. The topological polar surface area (TPSA) is 34.9 Å². The Morgan fingerprint density at radius 2 is 2.32 bits per heavy atom. The van der Waals surface area contributed by atoms with Gasteiger partial charge in [-0.15, -0.1) is 11.8 Å². The molecule has 0 aliphatic carbocycles. The highest BCUT2D eigenvalue weighted by Crippen LogP contribution is 2.22. The van der Waals surface area contributed by atoms with Crippen LogP contribution < -0.4 is 0 Å². The van der Waals surface area contributed by atoms with E-state index in [9.17, 15) is 4.79 Å². The molecule has 3 nitrogen and oxygen atoms in total. The lowest BCUT2D eigenvalue weighted by Gasteiger charge is -2.03. The van der Waals surface area contributed by atoms with E-state index in [-0.39, 0.29) is 5.78 Å². The number of ketones is 1. The minimum Gasteiger partial charge on any atom is -0.338 e. The first-order valence-electron chi connectivity index (χ1n) is 6.01. The number of imidazole rings is 1. The number of rotatable bonds is 6. The minimum atomic E-state index is 0.257. The fourth-order valence-corrected chi connectivity index (χ4v) is 3.09. The van der Waals surface area contributed by atoms with Gasteiger partial charge in [0.05, 0.1) is 5.75 Å². The molecule has 1 aromatic carbocycles. The normalized spacial score (nSPS) is 10.6. The third kappa shape index (κ3) is 4.51. The first-order chi connectivity index (χ1) is 9.15. The van der Waals surface area contributed by atoms with E-state index in [2.05, 4.69) is 20.9 Å². The molecule has 2 rings (SSSR count). The number of nitrogens with zero attached hydrogens (tertiary/aromatic N) is 2. The van der Waals surface area contributed by atoms with Crippen LogP contribution in [0.15, 0.2) is 46.0 Å². The van der Waals surface area contributed by atoms with Crippen LogP contribution in [0.25, 0.3) is 0 Å². The summed E-state index contributed by atoms with van der Waals surface area (Å²) >= 11 is 5.00. The zero-order chi connectivity index (χ0) is 13.7. The summed E-state index contributed by atoms with van der Waals surface area (Å²) in [5, 5.41) is 0. The van der Waals surface area contributed by atoms with E-state index in [1.165, 1.54) is 0 Å². The number of aryl methyl sites for hydroxylation is 2. The van der Waals surface area contributed by atoms with Crippen LogP contribution in [0.3, 0.4) is 0 Å². The second kappa shape index (κ2) is 6.91. The molecule has 100 valence electrons. The van der Waals surface area contributed by atoms with Crippen LogP contribution in [0.5, 0.6) is 0 Å². The molecule has 0 fully saturated rings. The Bertz CT molecular complexity index is 568. The van der Waals surface area contributed by atoms with Crippen molar-refractivity contribution in [1.29, 1.82) is 0 Å². The van der Waals surface area contributed by atoms with Gasteiger partial charge >= 0.3 is 0 Å². The van der Waals surface area contributed by atoms with Crippen molar-refractivity contribution in [2.24, 2.45) is 7.05 Å². The molecule has 1 heterocycles. The molecule has 19 heavy (non-hydrogen) atoms. The first kappa shape index (κ1) is 14.3. The molecular formula is C14H15BrN2OS. The van der Waals surface area contributed by atoms with Crippen LogP contribution in [0.1, 0.15) is 12.2 Å². The molecule has 0 saturated heterocycles. The molecule has 2 aromatic rings. The summed E-state index contributed by atoms with van der Waals surface area (Å²) in [5.74, 6) is 1.73. The van der Waals surface area contributed by atoms with Crippen molar-refractivity contribution in [1.82, 2.24) is 9.55 Å². The van der Waals surface area contributed by atoms with Gasteiger partial charge in [0.25, 0.3) is 0 Å². The maximum absolute atomic E-state index is 11.8. The Morgan fingerprint density at radius 1 is 1.47 bits per heavy atom. The first-order valence-corrected chi connectivity index (χ1v) is 7.79. The number of aromatic nitrogens is 2. The summed E-state index contributed by atoms with van der Waals surface area (Å²) in [7, 11) is 1.95. The van der Waals surface area contributed by atoms with Crippen LogP contribution in [0.2, 0.25) is 0 Å². The Morgan fingerprint density at radius 3 is 3.00 bits per heavy atom. The highest BCUT2D eigenvalue weighted by molar-refractivity contribution is 9.10. The van der Waals surface area contributed by atoms with Crippen LogP contribution in [0.4, 0.5) is 0 Å². The number of hydrogen-bond donors (Lipinski definition) is 0. The highest BCUT2D eigenvalue weighted by atomic mass is 79.9. The lowest BCUT2D eigenvalue weighted by molar-refractivity contribution is -0.116. The van der Waals surface area contributed by atoms with Gasteiger partial charge in [0, 0.05) is 41.7 Å². The number of Topliss-reactive ketones (excluding diaryl/α,β-unsaturated/α-hetero) is 1. The van der Waals surface area contributed by atoms with Crippen molar-refractivity contribution in [3.8, 4) is 0 Å². The molecule has 0 amide bonds. The summed E-state index contributed by atoms with van der Waals surface area (Å²) in [6, 6.07) is 8.00. The monoisotopic (exact) mass is 338 g/mol. The van der Waals surface area contributed by atoms with Crippen molar-refractivity contribution >= 4 is 33.5 Å². The molecule has 1 aromatic heterocycles. The van der Waals surface area contributed by atoms with E-state index in [1.807, 2.05) is 42.1 Å². The van der Waals surface area contributed by atoms with Gasteiger partial charge in [-0.3, -0.25) is 4.79 Å². The molecule has 0 aliphatic heterocycles. The summed E-state index contributed by atoms with van der Waals surface area (Å²) in [6.45, 7) is 0.